The molecule has 0 radical (unpaired) electrons. The van der Waals surface area contributed by atoms with Crippen LogP contribution in [0.4, 0.5) is 13.2 Å². The van der Waals surface area contributed by atoms with Crippen molar-refractivity contribution in [3.05, 3.63) is 65.2 Å². The summed E-state index contributed by atoms with van der Waals surface area (Å²) < 4.78 is 45.3. The minimum Gasteiger partial charge on any atom is -0.481 e. The summed E-state index contributed by atoms with van der Waals surface area (Å²) in [6.45, 7) is 4.55. The first kappa shape index (κ1) is 22.3. The molecule has 0 N–H and O–H groups in total. The van der Waals surface area contributed by atoms with Crippen LogP contribution in [-0.4, -0.2) is 23.5 Å². The van der Waals surface area contributed by atoms with Crippen molar-refractivity contribution in [1.82, 2.24) is 4.90 Å². The van der Waals surface area contributed by atoms with Crippen molar-refractivity contribution in [3.8, 4) is 11.8 Å². The Hall–Kier alpha value is -3.01. The zero-order chi connectivity index (χ0) is 21.4. The number of benzene rings is 2. The standard InChI is InChI=1S/C22H23F3N2O2/c1-3-8-20(21(28)27(4-2)15-16-9-6-5-7-10-16)29-18-12-11-17(14-26)19(13-18)22(23,24)25/h5-7,9-13,20H,3-4,8,15H2,1-2H3. The number of carbonyl (C=O) groups is 1. The van der Waals surface area contributed by atoms with Gasteiger partial charge in [-0.25, -0.2) is 0 Å². The van der Waals surface area contributed by atoms with Crippen molar-refractivity contribution < 1.29 is 22.7 Å². The molecule has 1 unspecified atom stereocenters. The Morgan fingerprint density at radius 1 is 1.17 bits per heavy atom. The Kier molecular flexibility index (Phi) is 7.66. The van der Waals surface area contributed by atoms with Gasteiger partial charge in [0, 0.05) is 13.1 Å². The van der Waals surface area contributed by atoms with Crippen molar-refractivity contribution in [1.29, 1.82) is 5.26 Å². The van der Waals surface area contributed by atoms with E-state index in [9.17, 15) is 18.0 Å². The highest BCUT2D eigenvalue weighted by atomic mass is 19.4. The normalized spacial score (nSPS) is 12.1. The fraction of sp³-hybridized carbons (Fsp3) is 0.364. The second kappa shape index (κ2) is 9.97. The van der Waals surface area contributed by atoms with E-state index in [2.05, 4.69) is 0 Å². The van der Waals surface area contributed by atoms with Crippen molar-refractivity contribution in [2.45, 2.75) is 45.5 Å². The molecule has 0 heterocycles. The summed E-state index contributed by atoms with van der Waals surface area (Å²) in [5.41, 5.74) is -0.602. The quantitative estimate of drug-likeness (QED) is 0.610. The summed E-state index contributed by atoms with van der Waals surface area (Å²) in [6, 6.07) is 14.1. The molecular weight excluding hydrogens is 381 g/mol. The molecule has 2 rings (SSSR count). The highest BCUT2D eigenvalue weighted by Gasteiger charge is 2.34. The van der Waals surface area contributed by atoms with Gasteiger partial charge in [0.15, 0.2) is 6.10 Å². The summed E-state index contributed by atoms with van der Waals surface area (Å²) in [5.74, 6) is -0.366. The summed E-state index contributed by atoms with van der Waals surface area (Å²) >= 11 is 0. The predicted octanol–water partition coefficient (Wildman–Crippen LogP) is 5.17. The number of likely N-dealkylation sites (N-methyl/N-ethyl adjacent to an activating group) is 1. The molecule has 29 heavy (non-hydrogen) atoms. The minimum absolute atomic E-state index is 0.0844. The van der Waals surface area contributed by atoms with Gasteiger partial charge in [-0.3, -0.25) is 4.79 Å². The largest absolute Gasteiger partial charge is 0.481 e. The molecule has 2 aromatic rings. The van der Waals surface area contributed by atoms with Gasteiger partial charge in [0.1, 0.15) is 5.75 Å². The van der Waals surface area contributed by atoms with Crippen LogP contribution in [0.3, 0.4) is 0 Å². The molecule has 154 valence electrons. The number of carbonyl (C=O) groups excluding carboxylic acids is 1. The molecule has 2 aromatic carbocycles. The lowest BCUT2D eigenvalue weighted by molar-refractivity contribution is -0.139. The van der Waals surface area contributed by atoms with Gasteiger partial charge in [-0.1, -0.05) is 43.7 Å². The number of rotatable bonds is 8. The number of amides is 1. The van der Waals surface area contributed by atoms with Gasteiger partial charge in [0.05, 0.1) is 17.2 Å². The summed E-state index contributed by atoms with van der Waals surface area (Å²) in [7, 11) is 0. The lowest BCUT2D eigenvalue weighted by Crippen LogP contribution is -2.41. The Morgan fingerprint density at radius 2 is 1.86 bits per heavy atom. The summed E-state index contributed by atoms with van der Waals surface area (Å²) in [4.78, 5) is 14.6. The van der Waals surface area contributed by atoms with Crippen LogP contribution < -0.4 is 4.74 Å². The third kappa shape index (κ3) is 5.98. The van der Waals surface area contributed by atoms with Gasteiger partial charge in [-0.05, 0) is 37.1 Å². The van der Waals surface area contributed by atoms with Gasteiger partial charge >= 0.3 is 6.18 Å². The Morgan fingerprint density at radius 3 is 2.41 bits per heavy atom. The van der Waals surface area contributed by atoms with Crippen LogP contribution in [0, 0.1) is 11.3 Å². The molecule has 7 heteroatoms. The van der Waals surface area contributed by atoms with Crippen molar-refractivity contribution in [3.63, 3.8) is 0 Å². The molecule has 0 aromatic heterocycles. The minimum atomic E-state index is -4.68. The van der Waals surface area contributed by atoms with Crippen molar-refractivity contribution in [2.24, 2.45) is 0 Å². The van der Waals surface area contributed by atoms with Gasteiger partial charge < -0.3 is 9.64 Å². The third-order valence-corrected chi connectivity index (χ3v) is 4.43. The molecule has 0 spiro atoms. The molecule has 1 atom stereocenters. The molecule has 0 aliphatic heterocycles. The predicted molar refractivity (Wildman–Crippen MR) is 103 cm³/mol. The smallest absolute Gasteiger partial charge is 0.417 e. The molecule has 0 saturated carbocycles. The topological polar surface area (TPSA) is 53.3 Å². The van der Waals surface area contributed by atoms with Crippen LogP contribution in [-0.2, 0) is 17.5 Å². The van der Waals surface area contributed by atoms with Gasteiger partial charge in [0.25, 0.3) is 5.91 Å². The maximum absolute atomic E-state index is 13.2. The van der Waals surface area contributed by atoms with E-state index in [0.29, 0.717) is 25.9 Å². The number of hydrogen-bond donors (Lipinski definition) is 0. The van der Waals surface area contributed by atoms with E-state index >= 15 is 0 Å². The van der Waals surface area contributed by atoms with Gasteiger partial charge in [-0.15, -0.1) is 0 Å². The molecule has 0 bridgehead atoms. The van der Waals surface area contributed by atoms with E-state index in [4.69, 9.17) is 10.00 Å². The van der Waals surface area contributed by atoms with Crippen molar-refractivity contribution >= 4 is 5.91 Å². The fourth-order valence-corrected chi connectivity index (χ4v) is 2.94. The average molecular weight is 404 g/mol. The first-order valence-electron chi connectivity index (χ1n) is 9.40. The number of alkyl halides is 3. The zero-order valence-corrected chi connectivity index (χ0v) is 16.4. The van der Waals surface area contributed by atoms with E-state index in [1.165, 1.54) is 12.1 Å². The highest BCUT2D eigenvalue weighted by molar-refractivity contribution is 5.81. The molecule has 0 aliphatic carbocycles. The van der Waals surface area contributed by atoms with Crippen LogP contribution in [0.15, 0.2) is 48.5 Å². The third-order valence-electron chi connectivity index (χ3n) is 4.43. The maximum Gasteiger partial charge on any atom is 0.417 e. The van der Waals surface area contributed by atoms with Gasteiger partial charge in [0.2, 0.25) is 0 Å². The second-order valence-corrected chi connectivity index (χ2v) is 6.55. The van der Waals surface area contributed by atoms with Crippen LogP contribution >= 0.6 is 0 Å². The molecule has 0 fully saturated rings. The lowest BCUT2D eigenvalue weighted by atomic mass is 10.1. The molecular formula is C22H23F3N2O2. The number of halogens is 3. The van der Waals surface area contributed by atoms with E-state index in [0.717, 1.165) is 17.7 Å². The van der Waals surface area contributed by atoms with Crippen molar-refractivity contribution in [2.75, 3.05) is 6.54 Å². The van der Waals surface area contributed by atoms with Crippen LogP contribution in [0.5, 0.6) is 5.75 Å². The van der Waals surface area contributed by atoms with E-state index in [-0.39, 0.29) is 11.7 Å². The number of nitriles is 1. The zero-order valence-electron chi connectivity index (χ0n) is 16.4. The van der Waals surface area contributed by atoms with Crippen LogP contribution in [0.1, 0.15) is 43.4 Å². The van der Waals surface area contributed by atoms with E-state index < -0.39 is 23.4 Å². The number of ether oxygens (including phenoxy) is 1. The van der Waals surface area contributed by atoms with Crippen LogP contribution in [0.25, 0.3) is 0 Å². The van der Waals surface area contributed by atoms with Gasteiger partial charge in [-0.2, -0.15) is 18.4 Å². The Labute approximate surface area is 168 Å². The molecule has 1 amide bonds. The first-order valence-corrected chi connectivity index (χ1v) is 9.40. The Balaban J connectivity index is 2.24. The van der Waals surface area contributed by atoms with Crippen LogP contribution in [0.2, 0.25) is 0 Å². The number of nitrogens with zero attached hydrogens (tertiary/aromatic N) is 2. The number of hydrogen-bond acceptors (Lipinski definition) is 3. The summed E-state index contributed by atoms with van der Waals surface area (Å²) in [6.07, 6.45) is -4.59. The molecule has 0 saturated heterocycles. The highest BCUT2D eigenvalue weighted by Crippen LogP contribution is 2.34. The molecule has 4 nitrogen and oxygen atoms in total. The summed E-state index contributed by atoms with van der Waals surface area (Å²) in [5, 5.41) is 8.92. The maximum atomic E-state index is 13.2. The monoisotopic (exact) mass is 404 g/mol. The van der Waals surface area contributed by atoms with E-state index in [1.807, 2.05) is 44.2 Å². The second-order valence-electron chi connectivity index (χ2n) is 6.55. The lowest BCUT2D eigenvalue weighted by Gasteiger charge is -2.27. The average Bonchev–Trinajstić information content (AvgIpc) is 2.71. The SMILES string of the molecule is CCCC(Oc1ccc(C#N)c(C(F)(F)F)c1)C(=O)N(CC)Cc1ccccc1. The first-order chi connectivity index (χ1) is 13.8. The fourth-order valence-electron chi connectivity index (χ4n) is 2.94. The Bertz CT molecular complexity index is 861. The van der Waals surface area contributed by atoms with E-state index in [1.54, 1.807) is 4.90 Å². The molecule has 0 aliphatic rings.